The summed E-state index contributed by atoms with van der Waals surface area (Å²) >= 11 is 0. The first kappa shape index (κ1) is 17.3. The average molecular weight is 353 g/mol. The molecule has 1 saturated heterocycles. The lowest BCUT2D eigenvalue weighted by Gasteiger charge is -2.41. The molecule has 0 radical (unpaired) electrons. The predicted octanol–water partition coefficient (Wildman–Crippen LogP) is 2.94. The summed E-state index contributed by atoms with van der Waals surface area (Å²) in [6.45, 7) is 5.55. The van der Waals surface area contributed by atoms with Gasteiger partial charge in [0.15, 0.2) is 0 Å². The molecular formula is C21H27N3O2. The number of piperazine rings is 1. The van der Waals surface area contributed by atoms with E-state index in [1.807, 2.05) is 4.90 Å². The van der Waals surface area contributed by atoms with Crippen molar-refractivity contribution in [1.29, 1.82) is 0 Å². The van der Waals surface area contributed by atoms with Gasteiger partial charge in [0.05, 0.1) is 6.20 Å². The molecule has 0 saturated carbocycles. The van der Waals surface area contributed by atoms with Crippen LogP contribution < -0.4 is 0 Å². The van der Waals surface area contributed by atoms with Crippen LogP contribution >= 0.6 is 0 Å². The van der Waals surface area contributed by atoms with Gasteiger partial charge in [-0.3, -0.25) is 9.69 Å². The second-order valence-corrected chi connectivity index (χ2v) is 7.41. The molecule has 2 aliphatic rings. The predicted molar refractivity (Wildman–Crippen MR) is 100 cm³/mol. The first-order valence-electron chi connectivity index (χ1n) is 9.80. The second-order valence-electron chi connectivity index (χ2n) is 7.41. The van der Waals surface area contributed by atoms with E-state index in [-0.39, 0.29) is 5.91 Å². The Labute approximate surface area is 155 Å². The van der Waals surface area contributed by atoms with E-state index in [1.54, 1.807) is 6.20 Å². The first-order chi connectivity index (χ1) is 12.8. The summed E-state index contributed by atoms with van der Waals surface area (Å²) in [5.74, 6) is 0.798. The molecule has 0 N–H and O–H groups in total. The lowest BCUT2D eigenvalue weighted by Crippen LogP contribution is -2.53. The van der Waals surface area contributed by atoms with Crippen molar-refractivity contribution in [2.24, 2.45) is 0 Å². The van der Waals surface area contributed by atoms with E-state index < -0.39 is 0 Å². The highest BCUT2D eigenvalue weighted by atomic mass is 16.5. The molecule has 138 valence electrons. The highest BCUT2D eigenvalue weighted by Crippen LogP contribution is 2.25. The normalized spacial score (nSPS) is 20.8. The Bertz CT molecular complexity index is 762. The third kappa shape index (κ3) is 3.40. The van der Waals surface area contributed by atoms with Gasteiger partial charge in [0.2, 0.25) is 0 Å². The van der Waals surface area contributed by atoms with Gasteiger partial charge in [0, 0.05) is 38.6 Å². The van der Waals surface area contributed by atoms with E-state index in [2.05, 4.69) is 41.2 Å². The van der Waals surface area contributed by atoms with Crippen molar-refractivity contribution in [3.8, 4) is 0 Å². The summed E-state index contributed by atoms with van der Waals surface area (Å²) in [7, 11) is 0. The minimum atomic E-state index is 0.0725. The molecule has 1 aliphatic heterocycles. The molecule has 5 heteroatoms. The standard InChI is InChI=1S/C21H27N3O2/c1-2-5-20-19(15-22-26-20)21(25)24-12-10-23(11-13-24)18-9-8-16-6-3-4-7-17(16)14-18/h3-4,6-7,15,18H,2,5,8-14H2,1H3. The van der Waals surface area contributed by atoms with Crippen molar-refractivity contribution in [3.63, 3.8) is 0 Å². The summed E-state index contributed by atoms with van der Waals surface area (Å²) in [5, 5.41) is 3.83. The molecule has 0 spiro atoms. The van der Waals surface area contributed by atoms with Crippen molar-refractivity contribution < 1.29 is 9.32 Å². The number of fused-ring (bicyclic) bond motifs is 1. The fraction of sp³-hybridized carbons (Fsp3) is 0.524. The highest BCUT2D eigenvalue weighted by molar-refractivity contribution is 5.94. The lowest BCUT2D eigenvalue weighted by atomic mass is 9.87. The molecule has 1 fully saturated rings. The fourth-order valence-corrected chi connectivity index (χ4v) is 4.30. The zero-order valence-corrected chi connectivity index (χ0v) is 15.5. The van der Waals surface area contributed by atoms with Crippen LogP contribution in [0.15, 0.2) is 35.0 Å². The second kappa shape index (κ2) is 7.62. The summed E-state index contributed by atoms with van der Waals surface area (Å²) in [6, 6.07) is 9.41. The molecule has 1 aromatic heterocycles. The minimum Gasteiger partial charge on any atom is -0.361 e. The first-order valence-corrected chi connectivity index (χ1v) is 9.80. The van der Waals surface area contributed by atoms with Crippen LogP contribution in [0.3, 0.4) is 0 Å². The number of amides is 1. The molecule has 5 nitrogen and oxygen atoms in total. The molecule has 1 unspecified atom stereocenters. The van der Waals surface area contributed by atoms with E-state index in [1.165, 1.54) is 24.0 Å². The number of hydrogen-bond acceptors (Lipinski definition) is 4. The molecule has 0 bridgehead atoms. The molecular weight excluding hydrogens is 326 g/mol. The molecule has 2 aromatic rings. The quantitative estimate of drug-likeness (QED) is 0.848. The Morgan fingerprint density at radius 3 is 2.73 bits per heavy atom. The summed E-state index contributed by atoms with van der Waals surface area (Å²) < 4.78 is 5.26. The van der Waals surface area contributed by atoms with Crippen molar-refractivity contribution in [1.82, 2.24) is 15.0 Å². The van der Waals surface area contributed by atoms with E-state index in [9.17, 15) is 4.79 Å². The number of carbonyl (C=O) groups excluding carboxylic acids is 1. The molecule has 1 atom stereocenters. The summed E-state index contributed by atoms with van der Waals surface area (Å²) in [6.07, 6.45) is 6.82. The minimum absolute atomic E-state index is 0.0725. The van der Waals surface area contributed by atoms with Crippen LogP contribution in [-0.4, -0.2) is 53.1 Å². The topological polar surface area (TPSA) is 49.6 Å². The van der Waals surface area contributed by atoms with Crippen molar-refractivity contribution in [2.45, 2.75) is 45.1 Å². The van der Waals surface area contributed by atoms with E-state index in [4.69, 9.17) is 4.52 Å². The smallest absolute Gasteiger partial charge is 0.259 e. The van der Waals surface area contributed by atoms with E-state index in [0.29, 0.717) is 11.6 Å². The van der Waals surface area contributed by atoms with Crippen molar-refractivity contribution in [2.75, 3.05) is 26.2 Å². The number of aryl methyl sites for hydroxylation is 2. The van der Waals surface area contributed by atoms with Gasteiger partial charge in [-0.25, -0.2) is 0 Å². The maximum absolute atomic E-state index is 12.8. The number of nitrogens with zero attached hydrogens (tertiary/aromatic N) is 3. The third-order valence-corrected chi connectivity index (χ3v) is 5.79. The molecule has 4 rings (SSSR count). The lowest BCUT2D eigenvalue weighted by molar-refractivity contribution is 0.0551. The van der Waals surface area contributed by atoms with Crippen LogP contribution in [0.4, 0.5) is 0 Å². The van der Waals surface area contributed by atoms with Crippen LogP contribution in [0.1, 0.15) is 47.0 Å². The van der Waals surface area contributed by atoms with Crippen LogP contribution in [-0.2, 0) is 19.3 Å². The largest absolute Gasteiger partial charge is 0.361 e. The summed E-state index contributed by atoms with van der Waals surface area (Å²) in [5.41, 5.74) is 3.65. The molecule has 26 heavy (non-hydrogen) atoms. The number of aromatic nitrogens is 1. The van der Waals surface area contributed by atoms with Gasteiger partial charge in [-0.1, -0.05) is 36.3 Å². The number of hydrogen-bond donors (Lipinski definition) is 0. The Morgan fingerprint density at radius 1 is 1.19 bits per heavy atom. The Morgan fingerprint density at radius 2 is 1.96 bits per heavy atom. The number of benzene rings is 1. The molecule has 1 amide bonds. The van der Waals surface area contributed by atoms with Gasteiger partial charge in [-0.15, -0.1) is 0 Å². The van der Waals surface area contributed by atoms with Gasteiger partial charge in [-0.2, -0.15) is 0 Å². The SMILES string of the molecule is CCCc1oncc1C(=O)N1CCN(C2CCc3ccccc3C2)CC1. The zero-order chi connectivity index (χ0) is 17.9. The maximum atomic E-state index is 12.8. The van der Waals surface area contributed by atoms with Gasteiger partial charge >= 0.3 is 0 Å². The Hall–Kier alpha value is -2.14. The Balaban J connectivity index is 1.36. The number of rotatable bonds is 4. The van der Waals surface area contributed by atoms with Crippen molar-refractivity contribution >= 4 is 5.91 Å². The molecule has 1 aromatic carbocycles. The van der Waals surface area contributed by atoms with Crippen LogP contribution in [0.5, 0.6) is 0 Å². The highest BCUT2D eigenvalue weighted by Gasteiger charge is 2.30. The van der Waals surface area contributed by atoms with Crippen LogP contribution in [0, 0.1) is 0 Å². The number of carbonyl (C=O) groups is 1. The third-order valence-electron chi connectivity index (χ3n) is 5.79. The monoisotopic (exact) mass is 353 g/mol. The van der Waals surface area contributed by atoms with Crippen LogP contribution in [0.25, 0.3) is 0 Å². The average Bonchev–Trinajstić information content (AvgIpc) is 3.16. The maximum Gasteiger partial charge on any atom is 0.259 e. The van der Waals surface area contributed by atoms with Crippen LogP contribution in [0.2, 0.25) is 0 Å². The zero-order valence-electron chi connectivity index (χ0n) is 15.5. The van der Waals surface area contributed by atoms with Gasteiger partial charge in [0.25, 0.3) is 5.91 Å². The van der Waals surface area contributed by atoms with Gasteiger partial charge in [0.1, 0.15) is 11.3 Å². The van der Waals surface area contributed by atoms with Gasteiger partial charge < -0.3 is 9.42 Å². The fourth-order valence-electron chi connectivity index (χ4n) is 4.30. The van der Waals surface area contributed by atoms with Crippen molar-refractivity contribution in [3.05, 3.63) is 52.9 Å². The molecule has 1 aliphatic carbocycles. The molecule has 2 heterocycles. The van der Waals surface area contributed by atoms with E-state index in [0.717, 1.165) is 51.2 Å². The van der Waals surface area contributed by atoms with Gasteiger partial charge in [-0.05, 0) is 36.8 Å². The Kier molecular flexibility index (Phi) is 5.07. The van der Waals surface area contributed by atoms with E-state index >= 15 is 0 Å². The summed E-state index contributed by atoms with van der Waals surface area (Å²) in [4.78, 5) is 17.3.